The summed E-state index contributed by atoms with van der Waals surface area (Å²) in [5, 5.41) is 2.39. The lowest BCUT2D eigenvalue weighted by molar-refractivity contribution is 0.0841. The standard InChI is InChI=1S/C16H12N4O2S/c21-14(12-8-4-5-9-17-12)19-20-15(22)13-10-23-16(18-13)11-6-2-1-3-7-11/h1-10H,(H,19,21)(H,20,22). The Morgan fingerprint density at radius 2 is 1.57 bits per heavy atom. The van der Waals surface area contributed by atoms with Gasteiger partial charge in [0.25, 0.3) is 11.8 Å². The van der Waals surface area contributed by atoms with E-state index in [-0.39, 0.29) is 11.4 Å². The highest BCUT2D eigenvalue weighted by molar-refractivity contribution is 7.13. The number of pyridine rings is 1. The third kappa shape index (κ3) is 3.58. The first kappa shape index (κ1) is 14.9. The summed E-state index contributed by atoms with van der Waals surface area (Å²) in [5.74, 6) is -0.967. The molecule has 0 aliphatic rings. The molecule has 0 spiro atoms. The van der Waals surface area contributed by atoms with Gasteiger partial charge in [-0.1, -0.05) is 36.4 Å². The monoisotopic (exact) mass is 324 g/mol. The highest BCUT2D eigenvalue weighted by atomic mass is 32.1. The van der Waals surface area contributed by atoms with Gasteiger partial charge in [0, 0.05) is 17.1 Å². The van der Waals surface area contributed by atoms with Gasteiger partial charge in [-0.15, -0.1) is 11.3 Å². The van der Waals surface area contributed by atoms with Crippen LogP contribution < -0.4 is 10.9 Å². The van der Waals surface area contributed by atoms with Gasteiger partial charge in [0.15, 0.2) is 0 Å². The summed E-state index contributed by atoms with van der Waals surface area (Å²) in [7, 11) is 0. The van der Waals surface area contributed by atoms with E-state index in [9.17, 15) is 9.59 Å². The van der Waals surface area contributed by atoms with Crippen molar-refractivity contribution < 1.29 is 9.59 Å². The van der Waals surface area contributed by atoms with Crippen molar-refractivity contribution in [3.8, 4) is 10.6 Å². The van der Waals surface area contributed by atoms with Crippen LogP contribution in [0.5, 0.6) is 0 Å². The molecule has 114 valence electrons. The number of benzene rings is 1. The van der Waals surface area contributed by atoms with Crippen LogP contribution in [0.2, 0.25) is 0 Å². The lowest BCUT2D eigenvalue weighted by Gasteiger charge is -2.04. The molecule has 0 saturated heterocycles. The number of amides is 2. The molecular formula is C16H12N4O2S. The number of thiazole rings is 1. The molecule has 0 fully saturated rings. The zero-order valence-corrected chi connectivity index (χ0v) is 12.7. The van der Waals surface area contributed by atoms with Gasteiger partial charge in [-0.3, -0.25) is 25.4 Å². The summed E-state index contributed by atoms with van der Waals surface area (Å²) in [6.45, 7) is 0. The first-order chi connectivity index (χ1) is 11.2. The van der Waals surface area contributed by atoms with Gasteiger partial charge >= 0.3 is 0 Å². The minimum atomic E-state index is -0.488. The Labute approximate surface area is 136 Å². The number of hydrogen-bond donors (Lipinski definition) is 2. The molecule has 0 saturated carbocycles. The summed E-state index contributed by atoms with van der Waals surface area (Å²) in [6.07, 6.45) is 1.50. The predicted octanol–water partition coefficient (Wildman–Crippen LogP) is 2.28. The second-order valence-electron chi connectivity index (χ2n) is 4.53. The van der Waals surface area contributed by atoms with Crippen LogP contribution in [0.4, 0.5) is 0 Å². The van der Waals surface area contributed by atoms with Crippen molar-refractivity contribution in [1.29, 1.82) is 0 Å². The zero-order chi connectivity index (χ0) is 16.1. The zero-order valence-electron chi connectivity index (χ0n) is 11.9. The third-order valence-electron chi connectivity index (χ3n) is 2.94. The number of carbonyl (C=O) groups is 2. The van der Waals surface area contributed by atoms with Crippen LogP contribution in [-0.4, -0.2) is 21.8 Å². The van der Waals surface area contributed by atoms with Crippen LogP contribution in [0.25, 0.3) is 10.6 Å². The fourth-order valence-electron chi connectivity index (χ4n) is 1.83. The van der Waals surface area contributed by atoms with E-state index >= 15 is 0 Å². The fraction of sp³-hybridized carbons (Fsp3) is 0. The van der Waals surface area contributed by atoms with Crippen molar-refractivity contribution in [2.24, 2.45) is 0 Å². The average molecular weight is 324 g/mol. The molecule has 0 atom stereocenters. The number of carbonyl (C=O) groups excluding carboxylic acids is 2. The largest absolute Gasteiger partial charge is 0.289 e. The maximum atomic E-state index is 12.0. The van der Waals surface area contributed by atoms with Crippen LogP contribution in [0, 0.1) is 0 Å². The highest BCUT2D eigenvalue weighted by Crippen LogP contribution is 2.23. The summed E-state index contributed by atoms with van der Waals surface area (Å²) < 4.78 is 0. The topological polar surface area (TPSA) is 84.0 Å². The van der Waals surface area contributed by atoms with Gasteiger partial charge in [0.05, 0.1) is 0 Å². The molecule has 3 rings (SSSR count). The first-order valence-electron chi connectivity index (χ1n) is 6.77. The van der Waals surface area contributed by atoms with Crippen molar-refractivity contribution >= 4 is 23.2 Å². The third-order valence-corrected chi connectivity index (χ3v) is 3.84. The average Bonchev–Trinajstić information content (AvgIpc) is 3.11. The molecule has 3 aromatic rings. The van der Waals surface area contributed by atoms with Gasteiger partial charge in [-0.05, 0) is 12.1 Å². The maximum Gasteiger partial charge on any atom is 0.289 e. The van der Waals surface area contributed by atoms with Gasteiger partial charge in [0.2, 0.25) is 0 Å². The van der Waals surface area contributed by atoms with E-state index in [0.29, 0.717) is 0 Å². The molecule has 2 amide bonds. The second kappa shape index (κ2) is 6.80. The summed E-state index contributed by atoms with van der Waals surface area (Å²) in [4.78, 5) is 32.0. The molecule has 0 bridgehead atoms. The first-order valence-corrected chi connectivity index (χ1v) is 7.64. The SMILES string of the molecule is O=C(NNC(=O)c1csc(-c2ccccc2)n1)c1ccccn1. The van der Waals surface area contributed by atoms with E-state index in [4.69, 9.17) is 0 Å². The van der Waals surface area contributed by atoms with Crippen LogP contribution in [0.3, 0.4) is 0 Å². The van der Waals surface area contributed by atoms with Crippen LogP contribution >= 0.6 is 11.3 Å². The van der Waals surface area contributed by atoms with Gasteiger partial charge in [-0.25, -0.2) is 4.98 Å². The van der Waals surface area contributed by atoms with E-state index in [1.165, 1.54) is 17.5 Å². The Balaban J connectivity index is 1.63. The minimum absolute atomic E-state index is 0.219. The number of hydrazine groups is 1. The summed E-state index contributed by atoms with van der Waals surface area (Å²) in [6, 6.07) is 14.5. The van der Waals surface area contributed by atoms with Crippen molar-refractivity contribution in [3.63, 3.8) is 0 Å². The molecule has 7 heteroatoms. The quantitative estimate of drug-likeness (QED) is 0.724. The summed E-state index contributed by atoms with van der Waals surface area (Å²) >= 11 is 1.36. The summed E-state index contributed by atoms with van der Waals surface area (Å²) in [5.41, 5.74) is 6.04. The van der Waals surface area contributed by atoms with E-state index < -0.39 is 11.8 Å². The lowest BCUT2D eigenvalue weighted by atomic mass is 10.2. The van der Waals surface area contributed by atoms with E-state index in [1.807, 2.05) is 30.3 Å². The van der Waals surface area contributed by atoms with Crippen LogP contribution in [0.1, 0.15) is 21.0 Å². The molecule has 6 nitrogen and oxygen atoms in total. The highest BCUT2D eigenvalue weighted by Gasteiger charge is 2.13. The smallest absolute Gasteiger partial charge is 0.266 e. The molecule has 0 radical (unpaired) electrons. The molecule has 2 heterocycles. The van der Waals surface area contributed by atoms with Gasteiger partial charge < -0.3 is 0 Å². The number of nitrogens with one attached hydrogen (secondary N) is 2. The second-order valence-corrected chi connectivity index (χ2v) is 5.39. The Hall–Kier alpha value is -3.06. The molecule has 0 aliphatic carbocycles. The Kier molecular flexibility index (Phi) is 4.39. The molecule has 2 aromatic heterocycles. The molecule has 2 N–H and O–H groups in total. The number of hydrogen-bond acceptors (Lipinski definition) is 5. The Morgan fingerprint density at radius 3 is 2.26 bits per heavy atom. The fourth-order valence-corrected chi connectivity index (χ4v) is 2.64. The lowest BCUT2D eigenvalue weighted by Crippen LogP contribution is -2.42. The van der Waals surface area contributed by atoms with Crippen LogP contribution in [0.15, 0.2) is 60.1 Å². The van der Waals surface area contributed by atoms with E-state index in [0.717, 1.165) is 10.6 Å². The molecule has 0 aliphatic heterocycles. The Morgan fingerprint density at radius 1 is 0.870 bits per heavy atom. The van der Waals surface area contributed by atoms with Gasteiger partial charge in [-0.2, -0.15) is 0 Å². The van der Waals surface area contributed by atoms with Crippen molar-refractivity contribution in [2.75, 3.05) is 0 Å². The van der Waals surface area contributed by atoms with Crippen molar-refractivity contribution in [2.45, 2.75) is 0 Å². The van der Waals surface area contributed by atoms with Crippen molar-refractivity contribution in [1.82, 2.24) is 20.8 Å². The minimum Gasteiger partial charge on any atom is -0.266 e. The predicted molar refractivity (Wildman–Crippen MR) is 86.7 cm³/mol. The number of aromatic nitrogens is 2. The number of nitrogens with zero attached hydrogens (tertiary/aromatic N) is 2. The van der Waals surface area contributed by atoms with E-state index in [2.05, 4.69) is 20.8 Å². The number of rotatable bonds is 3. The van der Waals surface area contributed by atoms with Gasteiger partial charge in [0.1, 0.15) is 16.4 Å². The van der Waals surface area contributed by atoms with E-state index in [1.54, 1.807) is 23.6 Å². The normalized spacial score (nSPS) is 10.1. The van der Waals surface area contributed by atoms with Crippen LogP contribution in [-0.2, 0) is 0 Å². The molecule has 23 heavy (non-hydrogen) atoms. The Bertz CT molecular complexity index is 818. The van der Waals surface area contributed by atoms with Crippen molar-refractivity contribution in [3.05, 3.63) is 71.5 Å². The molecule has 0 unspecified atom stereocenters. The molecule has 1 aromatic carbocycles. The maximum absolute atomic E-state index is 12.0. The molecular weight excluding hydrogens is 312 g/mol.